The van der Waals surface area contributed by atoms with Crippen LogP contribution in [0.4, 0.5) is 13.2 Å². The maximum atomic E-state index is 12.9. The highest BCUT2D eigenvalue weighted by Gasteiger charge is 2.41. The predicted octanol–water partition coefficient (Wildman–Crippen LogP) is 4.92. The van der Waals surface area contributed by atoms with Gasteiger partial charge in [0, 0.05) is 44.2 Å². The molecule has 2 aliphatic rings. The van der Waals surface area contributed by atoms with E-state index in [1.807, 2.05) is 23.1 Å². The van der Waals surface area contributed by atoms with Gasteiger partial charge in [-0.1, -0.05) is 48.5 Å². The molecule has 2 aromatic rings. The van der Waals surface area contributed by atoms with Crippen LogP contribution in [0.1, 0.15) is 48.8 Å². The molecule has 2 heterocycles. The number of carbonyl (C=O) groups excluding carboxylic acids is 1. The van der Waals surface area contributed by atoms with E-state index in [2.05, 4.69) is 17.4 Å². The first-order valence-corrected chi connectivity index (χ1v) is 11.7. The lowest BCUT2D eigenvalue weighted by molar-refractivity contribution is -0.137. The number of likely N-dealkylation sites (tertiary alicyclic amines) is 1. The van der Waals surface area contributed by atoms with Gasteiger partial charge >= 0.3 is 6.18 Å². The van der Waals surface area contributed by atoms with Crippen molar-refractivity contribution in [1.82, 2.24) is 10.2 Å². The molecule has 0 spiro atoms. The van der Waals surface area contributed by atoms with E-state index < -0.39 is 11.7 Å². The number of rotatable bonds is 8. The SMILES string of the molecule is O=C1CC[C@H](CCNCc2cccc(C(F)(F)F)c2)N1CC1(c2ccccc2)CCOCC1. The average Bonchev–Trinajstić information content (AvgIpc) is 3.16. The number of alkyl halides is 3. The zero-order valence-electron chi connectivity index (χ0n) is 18.7. The Balaban J connectivity index is 1.36. The topological polar surface area (TPSA) is 41.6 Å². The van der Waals surface area contributed by atoms with Crippen molar-refractivity contribution in [1.29, 1.82) is 0 Å². The van der Waals surface area contributed by atoms with Crippen LogP contribution in [0.25, 0.3) is 0 Å². The molecule has 0 aromatic heterocycles. The van der Waals surface area contributed by atoms with Crippen molar-refractivity contribution in [3.05, 3.63) is 71.3 Å². The molecule has 0 unspecified atom stereocenters. The fraction of sp³-hybridized carbons (Fsp3) is 0.500. The Hall–Kier alpha value is -2.38. The predicted molar refractivity (Wildman–Crippen MR) is 121 cm³/mol. The molecule has 4 rings (SSSR count). The molecule has 0 bridgehead atoms. The van der Waals surface area contributed by atoms with Gasteiger partial charge in [-0.25, -0.2) is 0 Å². The Labute approximate surface area is 193 Å². The summed E-state index contributed by atoms with van der Waals surface area (Å²) in [5, 5.41) is 3.26. The minimum absolute atomic E-state index is 0.0940. The Morgan fingerprint density at radius 1 is 1.06 bits per heavy atom. The van der Waals surface area contributed by atoms with Crippen molar-refractivity contribution < 1.29 is 22.7 Å². The van der Waals surface area contributed by atoms with E-state index in [9.17, 15) is 18.0 Å². The number of ether oxygens (including phenoxy) is 1. The summed E-state index contributed by atoms with van der Waals surface area (Å²) in [4.78, 5) is 14.8. The minimum Gasteiger partial charge on any atom is -0.381 e. The van der Waals surface area contributed by atoms with Gasteiger partial charge in [0.15, 0.2) is 0 Å². The zero-order chi connectivity index (χ0) is 23.3. The molecule has 0 radical (unpaired) electrons. The monoisotopic (exact) mass is 460 g/mol. The molecule has 33 heavy (non-hydrogen) atoms. The van der Waals surface area contributed by atoms with E-state index in [0.717, 1.165) is 31.7 Å². The lowest BCUT2D eigenvalue weighted by Crippen LogP contribution is -2.48. The molecule has 0 aliphatic carbocycles. The first-order valence-electron chi connectivity index (χ1n) is 11.7. The summed E-state index contributed by atoms with van der Waals surface area (Å²) in [5.74, 6) is 0.194. The third kappa shape index (κ3) is 5.76. The standard InChI is InChI=1S/C26H31F3N2O2/c27-26(28,29)22-8-4-5-20(17-22)18-30-14-11-23-9-10-24(32)31(23)19-25(12-15-33-16-13-25)21-6-2-1-3-7-21/h1-8,17,23,30H,9-16,18-19H2/t23-/m1/s1. The van der Waals surface area contributed by atoms with Gasteiger partial charge in [-0.2, -0.15) is 13.2 Å². The van der Waals surface area contributed by atoms with E-state index >= 15 is 0 Å². The first kappa shape index (κ1) is 23.8. The summed E-state index contributed by atoms with van der Waals surface area (Å²) < 4.78 is 44.4. The molecule has 178 valence electrons. The Morgan fingerprint density at radius 3 is 2.55 bits per heavy atom. The largest absolute Gasteiger partial charge is 0.416 e. The van der Waals surface area contributed by atoms with Crippen LogP contribution < -0.4 is 5.32 Å². The van der Waals surface area contributed by atoms with Crippen molar-refractivity contribution in [2.75, 3.05) is 26.3 Å². The van der Waals surface area contributed by atoms with Crippen LogP contribution >= 0.6 is 0 Å². The summed E-state index contributed by atoms with van der Waals surface area (Å²) in [7, 11) is 0. The number of amides is 1. The highest BCUT2D eigenvalue weighted by atomic mass is 19.4. The number of nitrogens with zero attached hydrogens (tertiary/aromatic N) is 1. The second-order valence-corrected chi connectivity index (χ2v) is 9.14. The van der Waals surface area contributed by atoms with Crippen LogP contribution in [0.15, 0.2) is 54.6 Å². The van der Waals surface area contributed by atoms with Crippen LogP contribution in [-0.4, -0.2) is 43.2 Å². The molecular formula is C26H31F3N2O2. The van der Waals surface area contributed by atoms with Crippen LogP contribution in [-0.2, 0) is 27.7 Å². The second kappa shape index (κ2) is 10.3. The van der Waals surface area contributed by atoms with E-state index in [-0.39, 0.29) is 17.4 Å². The second-order valence-electron chi connectivity index (χ2n) is 9.14. The normalized spacial score (nSPS) is 20.9. The minimum atomic E-state index is -4.33. The fourth-order valence-electron chi connectivity index (χ4n) is 5.09. The number of nitrogens with one attached hydrogen (secondary N) is 1. The zero-order valence-corrected chi connectivity index (χ0v) is 18.7. The van der Waals surface area contributed by atoms with Gasteiger partial charge < -0.3 is 15.0 Å². The Bertz CT molecular complexity index is 927. The average molecular weight is 461 g/mol. The van der Waals surface area contributed by atoms with Gasteiger partial charge in [0.1, 0.15) is 0 Å². The smallest absolute Gasteiger partial charge is 0.381 e. The molecule has 7 heteroatoms. The van der Waals surface area contributed by atoms with Crippen molar-refractivity contribution in [2.24, 2.45) is 0 Å². The number of benzene rings is 2. The molecule has 0 saturated carbocycles. The van der Waals surface area contributed by atoms with Gasteiger partial charge in [-0.3, -0.25) is 4.79 Å². The first-order chi connectivity index (χ1) is 15.9. The molecule has 1 amide bonds. The van der Waals surface area contributed by atoms with Crippen molar-refractivity contribution in [3.63, 3.8) is 0 Å². The highest BCUT2D eigenvalue weighted by Crippen LogP contribution is 2.38. The van der Waals surface area contributed by atoms with E-state index in [1.54, 1.807) is 6.07 Å². The summed E-state index contributed by atoms with van der Waals surface area (Å²) in [5.41, 5.74) is 1.14. The summed E-state index contributed by atoms with van der Waals surface area (Å²) in [6, 6.07) is 16.0. The van der Waals surface area contributed by atoms with Gasteiger partial charge in [-0.05, 0) is 49.4 Å². The lowest BCUT2D eigenvalue weighted by atomic mass is 9.73. The van der Waals surface area contributed by atoms with Crippen molar-refractivity contribution >= 4 is 5.91 Å². The molecule has 1 N–H and O–H groups in total. The fourth-order valence-corrected chi connectivity index (χ4v) is 5.09. The van der Waals surface area contributed by atoms with Crippen LogP contribution in [0.5, 0.6) is 0 Å². The van der Waals surface area contributed by atoms with E-state index in [0.29, 0.717) is 44.8 Å². The molecule has 1 atom stereocenters. The molecule has 4 nitrogen and oxygen atoms in total. The van der Waals surface area contributed by atoms with Gasteiger partial charge in [0.25, 0.3) is 0 Å². The number of carbonyl (C=O) groups is 1. The Kier molecular flexibility index (Phi) is 7.39. The third-order valence-electron chi connectivity index (χ3n) is 7.00. The maximum Gasteiger partial charge on any atom is 0.416 e. The molecule has 2 fully saturated rings. The van der Waals surface area contributed by atoms with E-state index in [4.69, 9.17) is 4.74 Å². The Morgan fingerprint density at radius 2 is 1.82 bits per heavy atom. The number of hydrogen-bond donors (Lipinski definition) is 1. The van der Waals surface area contributed by atoms with Crippen LogP contribution in [0.3, 0.4) is 0 Å². The maximum absolute atomic E-state index is 12.9. The van der Waals surface area contributed by atoms with Gasteiger partial charge in [-0.15, -0.1) is 0 Å². The van der Waals surface area contributed by atoms with Crippen molar-refractivity contribution in [2.45, 2.75) is 56.3 Å². The van der Waals surface area contributed by atoms with Crippen LogP contribution in [0.2, 0.25) is 0 Å². The molecule has 2 aromatic carbocycles. The van der Waals surface area contributed by atoms with Crippen molar-refractivity contribution in [3.8, 4) is 0 Å². The number of halogens is 3. The van der Waals surface area contributed by atoms with Gasteiger partial charge in [0.2, 0.25) is 5.91 Å². The summed E-state index contributed by atoms with van der Waals surface area (Å²) in [6.45, 7) is 3.10. The summed E-state index contributed by atoms with van der Waals surface area (Å²) in [6.07, 6.45) is -0.389. The molecule has 2 saturated heterocycles. The molecule has 2 aliphatic heterocycles. The van der Waals surface area contributed by atoms with Crippen LogP contribution in [0, 0.1) is 0 Å². The van der Waals surface area contributed by atoms with Gasteiger partial charge in [0.05, 0.1) is 5.56 Å². The third-order valence-corrected chi connectivity index (χ3v) is 7.00. The summed E-state index contributed by atoms with van der Waals surface area (Å²) >= 11 is 0. The highest BCUT2D eigenvalue weighted by molar-refractivity contribution is 5.79. The molecular weight excluding hydrogens is 429 g/mol. The van der Waals surface area contributed by atoms with E-state index in [1.165, 1.54) is 17.7 Å². The quantitative estimate of drug-likeness (QED) is 0.569. The lowest BCUT2D eigenvalue weighted by Gasteiger charge is -2.42. The number of hydrogen-bond acceptors (Lipinski definition) is 3.